The largest absolute Gasteiger partial charge is 0.416 e. The van der Waals surface area contributed by atoms with Crippen LogP contribution >= 0.6 is 0 Å². The minimum absolute atomic E-state index is 0.0120. The minimum Gasteiger partial charge on any atom is -0.353 e. The van der Waals surface area contributed by atoms with Crippen LogP contribution in [0, 0.1) is 0 Å². The van der Waals surface area contributed by atoms with Gasteiger partial charge in [0.15, 0.2) is 5.96 Å². The number of aromatic nitrogens is 2. The van der Waals surface area contributed by atoms with Crippen molar-refractivity contribution in [2.75, 3.05) is 25.0 Å². The van der Waals surface area contributed by atoms with Crippen molar-refractivity contribution in [1.82, 2.24) is 26.1 Å². The number of fused-ring (bicyclic) bond motifs is 1. The fraction of sp³-hybridized carbons (Fsp3) is 0.304. The van der Waals surface area contributed by atoms with Crippen LogP contribution in [0.4, 0.5) is 23.2 Å². The Morgan fingerprint density at radius 2 is 2.03 bits per heavy atom. The quantitative estimate of drug-likeness (QED) is 0.330. The first kappa shape index (κ1) is 24.9. The van der Waals surface area contributed by atoms with Crippen LogP contribution in [0.5, 0.6) is 0 Å². The predicted molar refractivity (Wildman–Crippen MR) is 125 cm³/mol. The van der Waals surface area contributed by atoms with E-state index in [4.69, 9.17) is 0 Å². The van der Waals surface area contributed by atoms with Crippen LogP contribution in [0.1, 0.15) is 34.5 Å². The number of anilines is 1. The number of H-pyrrole nitrogens is 1. The average Bonchev–Trinajstić information content (AvgIpc) is 3.32. The van der Waals surface area contributed by atoms with Crippen molar-refractivity contribution in [2.24, 2.45) is 4.99 Å². The molecule has 0 spiro atoms. The van der Waals surface area contributed by atoms with Gasteiger partial charge in [-0.1, -0.05) is 12.1 Å². The molecule has 4 rings (SSSR count). The summed E-state index contributed by atoms with van der Waals surface area (Å²) in [6.45, 7) is 1.27. The van der Waals surface area contributed by atoms with E-state index in [1.807, 2.05) is 0 Å². The van der Waals surface area contributed by atoms with Gasteiger partial charge < -0.3 is 21.3 Å². The number of halogens is 4. The lowest BCUT2D eigenvalue weighted by Crippen LogP contribution is -2.41. The fourth-order valence-corrected chi connectivity index (χ4v) is 3.64. The molecule has 0 bridgehead atoms. The third-order valence-corrected chi connectivity index (χ3v) is 5.51. The monoisotopic (exact) mass is 505 g/mol. The molecule has 13 heteroatoms. The molecule has 0 fully saturated rings. The Kier molecular flexibility index (Phi) is 7.08. The van der Waals surface area contributed by atoms with Crippen LogP contribution in [-0.4, -0.2) is 53.8 Å². The van der Waals surface area contributed by atoms with Gasteiger partial charge in [0.05, 0.1) is 48.6 Å². The summed E-state index contributed by atoms with van der Waals surface area (Å²) < 4.78 is 52.2. The second-order valence-electron chi connectivity index (χ2n) is 8.24. The van der Waals surface area contributed by atoms with E-state index < -0.39 is 42.3 Å². The number of rotatable bonds is 6. The van der Waals surface area contributed by atoms with E-state index in [0.717, 1.165) is 12.1 Å². The summed E-state index contributed by atoms with van der Waals surface area (Å²) in [7, 11) is 0. The molecule has 0 saturated heterocycles. The van der Waals surface area contributed by atoms with Crippen molar-refractivity contribution in [2.45, 2.75) is 25.3 Å². The number of hydrogen-bond donors (Lipinski definition) is 5. The number of carbonyl (C=O) groups excluding carboxylic acids is 2. The Balaban J connectivity index is 1.39. The van der Waals surface area contributed by atoms with Crippen molar-refractivity contribution >= 4 is 34.4 Å². The molecule has 36 heavy (non-hydrogen) atoms. The number of amides is 2. The summed E-state index contributed by atoms with van der Waals surface area (Å²) in [5.74, 6) is -0.776. The summed E-state index contributed by atoms with van der Waals surface area (Å²) in [4.78, 5) is 29.2. The third kappa shape index (κ3) is 5.90. The molecule has 0 saturated carbocycles. The van der Waals surface area contributed by atoms with E-state index >= 15 is 0 Å². The van der Waals surface area contributed by atoms with Crippen LogP contribution < -0.4 is 21.3 Å². The first-order chi connectivity index (χ1) is 17.1. The molecule has 1 aliphatic heterocycles. The Morgan fingerprint density at radius 1 is 1.22 bits per heavy atom. The predicted octanol–water partition coefficient (Wildman–Crippen LogP) is 2.90. The third-order valence-electron chi connectivity index (χ3n) is 5.51. The van der Waals surface area contributed by atoms with Crippen LogP contribution in [0.2, 0.25) is 0 Å². The smallest absolute Gasteiger partial charge is 0.353 e. The number of nitrogens with one attached hydrogen (secondary N) is 5. The van der Waals surface area contributed by atoms with E-state index in [1.165, 1.54) is 12.1 Å². The van der Waals surface area contributed by atoms with E-state index in [1.54, 1.807) is 25.3 Å². The van der Waals surface area contributed by atoms with Crippen LogP contribution in [0.3, 0.4) is 0 Å². The van der Waals surface area contributed by atoms with E-state index in [0.29, 0.717) is 22.5 Å². The molecule has 1 aromatic heterocycles. The molecule has 3 aromatic rings. The fourth-order valence-electron chi connectivity index (χ4n) is 3.64. The molecule has 2 amide bonds. The minimum atomic E-state index is -4.49. The van der Waals surface area contributed by atoms with Gasteiger partial charge in [-0.3, -0.25) is 14.7 Å². The number of aromatic amines is 1. The van der Waals surface area contributed by atoms with Crippen molar-refractivity contribution < 1.29 is 27.2 Å². The molecule has 2 heterocycles. The first-order valence-corrected chi connectivity index (χ1v) is 11.0. The van der Waals surface area contributed by atoms with Crippen LogP contribution in [0.15, 0.2) is 47.6 Å². The second kappa shape index (κ2) is 10.2. The van der Waals surface area contributed by atoms with Crippen LogP contribution in [0.25, 0.3) is 10.9 Å². The molecule has 1 aliphatic rings. The van der Waals surface area contributed by atoms with Gasteiger partial charge in [0, 0.05) is 10.9 Å². The Morgan fingerprint density at radius 3 is 2.75 bits per heavy atom. The van der Waals surface area contributed by atoms with Gasteiger partial charge in [0.1, 0.15) is 6.17 Å². The lowest BCUT2D eigenvalue weighted by atomic mass is 10.0. The number of guanidine groups is 1. The highest BCUT2D eigenvalue weighted by Crippen LogP contribution is 2.30. The lowest BCUT2D eigenvalue weighted by Gasteiger charge is -2.19. The molecule has 0 aliphatic carbocycles. The molecule has 5 N–H and O–H groups in total. The molecular formula is C23H23F4N7O2. The zero-order chi connectivity index (χ0) is 25.9. The molecule has 2 atom stereocenters. The average molecular weight is 505 g/mol. The van der Waals surface area contributed by atoms with Crippen molar-refractivity contribution in [3.8, 4) is 0 Å². The van der Waals surface area contributed by atoms with Gasteiger partial charge in [-0.25, -0.2) is 9.38 Å². The van der Waals surface area contributed by atoms with E-state index in [-0.39, 0.29) is 24.2 Å². The summed E-state index contributed by atoms with van der Waals surface area (Å²) in [6, 6.07) is 7.06. The number of alkyl halides is 4. The Bertz CT molecular complexity index is 1310. The van der Waals surface area contributed by atoms with Crippen molar-refractivity contribution in [3.05, 3.63) is 59.3 Å². The van der Waals surface area contributed by atoms with Gasteiger partial charge in [-0.15, -0.1) is 0 Å². The van der Waals surface area contributed by atoms with Crippen LogP contribution in [-0.2, 0) is 11.0 Å². The lowest BCUT2D eigenvalue weighted by molar-refractivity contribution is -0.137. The maximum atomic E-state index is 13.3. The van der Waals surface area contributed by atoms with Crippen molar-refractivity contribution in [3.63, 3.8) is 0 Å². The number of hydrogen-bond acceptors (Lipinski definition) is 6. The molecule has 190 valence electrons. The van der Waals surface area contributed by atoms with E-state index in [9.17, 15) is 27.2 Å². The standard InChI is InChI=1S/C23H23F4N7O2/c1-12(13-3-2-4-15(5-13)23(25,26)27)32-20(35)11-28-21(36)14-6-18(17-10-31-34-19(17)7-14)33-22-29-8-16(24)9-30-22/h2-7,10,12,16H,8-9,11H2,1H3,(H,28,36)(H,31,34)(H,32,35)(H2,29,30,33). The Hall–Kier alpha value is -4.16. The number of aliphatic imine (C=N–C) groups is 1. The second-order valence-corrected chi connectivity index (χ2v) is 8.24. The summed E-state index contributed by atoms with van der Waals surface area (Å²) >= 11 is 0. The maximum Gasteiger partial charge on any atom is 0.416 e. The van der Waals surface area contributed by atoms with Gasteiger partial charge >= 0.3 is 6.18 Å². The number of nitrogens with zero attached hydrogens (tertiary/aromatic N) is 2. The highest BCUT2D eigenvalue weighted by Gasteiger charge is 2.30. The summed E-state index contributed by atoms with van der Waals surface area (Å²) in [6.07, 6.45) is -4.01. The first-order valence-electron chi connectivity index (χ1n) is 11.0. The highest BCUT2D eigenvalue weighted by molar-refractivity contribution is 6.07. The molecule has 2 aromatic carbocycles. The molecule has 2 unspecified atom stereocenters. The van der Waals surface area contributed by atoms with Gasteiger partial charge in [-0.05, 0) is 36.8 Å². The molecule has 9 nitrogen and oxygen atoms in total. The van der Waals surface area contributed by atoms with Gasteiger partial charge in [0.25, 0.3) is 5.91 Å². The summed E-state index contributed by atoms with van der Waals surface area (Å²) in [5, 5.41) is 18.3. The highest BCUT2D eigenvalue weighted by atomic mass is 19.4. The number of benzene rings is 2. The zero-order valence-corrected chi connectivity index (χ0v) is 19.0. The van der Waals surface area contributed by atoms with E-state index in [2.05, 4.69) is 36.5 Å². The number of carbonyl (C=O) groups is 2. The Labute approximate surface area is 202 Å². The maximum absolute atomic E-state index is 13.3. The normalized spacial score (nSPS) is 16.6. The molecule has 0 radical (unpaired) electrons. The zero-order valence-electron chi connectivity index (χ0n) is 19.0. The summed E-state index contributed by atoms with van der Waals surface area (Å²) in [5.41, 5.74) is 0.730. The van der Waals surface area contributed by atoms with Gasteiger partial charge in [0.2, 0.25) is 5.91 Å². The molecular weight excluding hydrogens is 482 g/mol. The SMILES string of the molecule is CC(NC(=O)CNC(=O)c1cc(NC2=NCC(F)CN2)c2cn[nH]c2c1)c1cccc(C(F)(F)F)c1. The topological polar surface area (TPSA) is 123 Å². The van der Waals surface area contributed by atoms with Gasteiger partial charge in [-0.2, -0.15) is 18.3 Å². The van der Waals surface area contributed by atoms with Crippen molar-refractivity contribution in [1.29, 1.82) is 0 Å².